The van der Waals surface area contributed by atoms with Crippen molar-refractivity contribution in [3.05, 3.63) is 52.3 Å². The first-order chi connectivity index (χ1) is 8.06. The van der Waals surface area contributed by atoms with Crippen molar-refractivity contribution in [2.75, 3.05) is 5.73 Å². The van der Waals surface area contributed by atoms with Gasteiger partial charge in [-0.25, -0.2) is 4.39 Å². The van der Waals surface area contributed by atoms with Crippen LogP contribution >= 0.6 is 15.9 Å². The maximum Gasteiger partial charge on any atom is 0.150 e. The zero-order chi connectivity index (χ0) is 12.4. The van der Waals surface area contributed by atoms with Crippen LogP contribution in [0, 0.1) is 12.7 Å². The minimum Gasteiger partial charge on any atom is -0.455 e. The minimum absolute atomic E-state index is 0.285. The first-order valence-corrected chi connectivity index (χ1v) is 5.84. The number of benzene rings is 2. The molecule has 2 aromatic rings. The van der Waals surface area contributed by atoms with Crippen molar-refractivity contribution >= 4 is 21.6 Å². The van der Waals surface area contributed by atoms with Gasteiger partial charge in [-0.1, -0.05) is 15.9 Å². The van der Waals surface area contributed by atoms with Gasteiger partial charge in [0.15, 0.2) is 5.75 Å². The Kier molecular flexibility index (Phi) is 3.33. The number of anilines is 1. The zero-order valence-corrected chi connectivity index (χ0v) is 10.8. The molecule has 2 N–H and O–H groups in total. The van der Waals surface area contributed by atoms with Crippen molar-refractivity contribution in [2.24, 2.45) is 0 Å². The van der Waals surface area contributed by atoms with E-state index in [0.29, 0.717) is 11.5 Å². The molecule has 2 nitrogen and oxygen atoms in total. The standard InChI is InChI=1S/C13H11BrFNO/c1-8-6-9(14)2-4-12(8)17-13-5-3-10(15)7-11(13)16/h2-7H,16H2,1H3. The lowest BCUT2D eigenvalue weighted by Crippen LogP contribution is -1.94. The topological polar surface area (TPSA) is 35.2 Å². The van der Waals surface area contributed by atoms with Crippen LogP contribution in [0.5, 0.6) is 11.5 Å². The highest BCUT2D eigenvalue weighted by atomic mass is 79.9. The van der Waals surface area contributed by atoms with Crippen LogP contribution in [0.1, 0.15) is 5.56 Å². The number of nitrogens with two attached hydrogens (primary N) is 1. The largest absolute Gasteiger partial charge is 0.455 e. The normalized spacial score (nSPS) is 10.3. The van der Waals surface area contributed by atoms with Crippen LogP contribution in [0.4, 0.5) is 10.1 Å². The summed E-state index contributed by atoms with van der Waals surface area (Å²) in [5.74, 6) is 0.783. The van der Waals surface area contributed by atoms with E-state index < -0.39 is 0 Å². The van der Waals surface area contributed by atoms with Crippen LogP contribution in [0.15, 0.2) is 40.9 Å². The van der Waals surface area contributed by atoms with E-state index in [4.69, 9.17) is 10.5 Å². The van der Waals surface area contributed by atoms with Crippen molar-refractivity contribution in [2.45, 2.75) is 6.92 Å². The molecule has 0 fully saturated rings. The molecule has 0 radical (unpaired) electrons. The Labute approximate surface area is 107 Å². The van der Waals surface area contributed by atoms with Crippen LogP contribution in [-0.4, -0.2) is 0 Å². The minimum atomic E-state index is -0.373. The van der Waals surface area contributed by atoms with Gasteiger partial charge in [-0.3, -0.25) is 0 Å². The van der Waals surface area contributed by atoms with Crippen LogP contribution in [0.2, 0.25) is 0 Å². The Morgan fingerprint density at radius 3 is 2.47 bits per heavy atom. The van der Waals surface area contributed by atoms with E-state index in [9.17, 15) is 4.39 Å². The van der Waals surface area contributed by atoms with E-state index in [1.165, 1.54) is 18.2 Å². The van der Waals surface area contributed by atoms with Gasteiger partial charge in [0.1, 0.15) is 11.6 Å². The third-order valence-corrected chi connectivity index (χ3v) is 2.82. The molecule has 4 heteroatoms. The van der Waals surface area contributed by atoms with E-state index in [2.05, 4.69) is 15.9 Å². The van der Waals surface area contributed by atoms with Gasteiger partial charge >= 0.3 is 0 Å². The Morgan fingerprint density at radius 1 is 1.12 bits per heavy atom. The summed E-state index contributed by atoms with van der Waals surface area (Å²) in [5.41, 5.74) is 6.93. The summed E-state index contributed by atoms with van der Waals surface area (Å²) in [5, 5.41) is 0. The molecule has 2 aromatic carbocycles. The molecule has 0 heterocycles. The number of rotatable bonds is 2. The van der Waals surface area contributed by atoms with Crippen molar-refractivity contribution in [1.29, 1.82) is 0 Å². The molecular formula is C13H11BrFNO. The number of hydrogen-bond donors (Lipinski definition) is 1. The number of hydrogen-bond acceptors (Lipinski definition) is 2. The Bertz CT molecular complexity index is 508. The fourth-order valence-electron chi connectivity index (χ4n) is 1.46. The van der Waals surface area contributed by atoms with Gasteiger partial charge in [-0.2, -0.15) is 0 Å². The van der Waals surface area contributed by atoms with Crippen molar-refractivity contribution in [1.82, 2.24) is 0 Å². The molecule has 0 amide bonds. The van der Waals surface area contributed by atoms with Gasteiger partial charge in [0.2, 0.25) is 0 Å². The summed E-state index contributed by atoms with van der Waals surface area (Å²) in [4.78, 5) is 0. The number of ether oxygens (including phenoxy) is 1. The lowest BCUT2D eigenvalue weighted by molar-refractivity contribution is 0.479. The van der Waals surface area contributed by atoms with Crippen LogP contribution in [0.3, 0.4) is 0 Å². The smallest absolute Gasteiger partial charge is 0.150 e. The summed E-state index contributed by atoms with van der Waals surface area (Å²) < 4.78 is 19.5. The van der Waals surface area contributed by atoms with Gasteiger partial charge in [0, 0.05) is 10.5 Å². The van der Waals surface area contributed by atoms with Gasteiger partial charge < -0.3 is 10.5 Å². The average molecular weight is 296 g/mol. The first kappa shape index (κ1) is 11.9. The molecule has 0 aliphatic heterocycles. The second kappa shape index (κ2) is 4.75. The van der Waals surface area contributed by atoms with Crippen LogP contribution in [-0.2, 0) is 0 Å². The Hall–Kier alpha value is -1.55. The van der Waals surface area contributed by atoms with Crippen LogP contribution in [0.25, 0.3) is 0 Å². The second-order valence-corrected chi connectivity index (χ2v) is 4.61. The third kappa shape index (κ3) is 2.77. The molecule has 2 rings (SSSR count). The average Bonchev–Trinajstić information content (AvgIpc) is 2.25. The molecule has 0 saturated carbocycles. The Morgan fingerprint density at radius 2 is 1.82 bits per heavy atom. The monoisotopic (exact) mass is 295 g/mol. The van der Waals surface area contributed by atoms with E-state index in [-0.39, 0.29) is 11.5 Å². The van der Waals surface area contributed by atoms with Crippen LogP contribution < -0.4 is 10.5 Å². The Balaban J connectivity index is 2.31. The summed E-state index contributed by atoms with van der Waals surface area (Å²) in [6, 6.07) is 9.73. The molecule has 0 aliphatic carbocycles. The quantitative estimate of drug-likeness (QED) is 0.840. The predicted octanol–water partition coefficient (Wildman–Crippen LogP) is 4.27. The highest BCUT2D eigenvalue weighted by molar-refractivity contribution is 9.10. The van der Waals surface area contributed by atoms with Gasteiger partial charge in [0.05, 0.1) is 5.69 Å². The highest BCUT2D eigenvalue weighted by Gasteiger charge is 2.06. The van der Waals surface area contributed by atoms with E-state index in [1.54, 1.807) is 0 Å². The fourth-order valence-corrected chi connectivity index (χ4v) is 1.93. The number of nitrogen functional groups attached to an aromatic ring is 1. The van der Waals surface area contributed by atoms with E-state index >= 15 is 0 Å². The molecule has 0 bridgehead atoms. The molecule has 17 heavy (non-hydrogen) atoms. The molecule has 0 atom stereocenters. The molecule has 0 aromatic heterocycles. The van der Waals surface area contributed by atoms with E-state index in [1.807, 2.05) is 25.1 Å². The predicted molar refractivity (Wildman–Crippen MR) is 69.8 cm³/mol. The lowest BCUT2D eigenvalue weighted by atomic mass is 10.2. The van der Waals surface area contributed by atoms with Gasteiger partial charge in [-0.15, -0.1) is 0 Å². The van der Waals surface area contributed by atoms with Gasteiger partial charge in [-0.05, 0) is 42.8 Å². The second-order valence-electron chi connectivity index (χ2n) is 3.69. The van der Waals surface area contributed by atoms with Gasteiger partial charge in [0.25, 0.3) is 0 Å². The fraction of sp³-hybridized carbons (Fsp3) is 0.0769. The SMILES string of the molecule is Cc1cc(Br)ccc1Oc1ccc(F)cc1N. The summed E-state index contributed by atoms with van der Waals surface area (Å²) >= 11 is 3.38. The molecule has 0 unspecified atom stereocenters. The molecular weight excluding hydrogens is 285 g/mol. The molecule has 0 spiro atoms. The molecule has 0 aliphatic rings. The van der Waals surface area contributed by atoms with Crippen molar-refractivity contribution in [3.8, 4) is 11.5 Å². The number of aryl methyl sites for hydroxylation is 1. The zero-order valence-electron chi connectivity index (χ0n) is 9.21. The summed E-state index contributed by atoms with van der Waals surface area (Å²) in [7, 11) is 0. The molecule has 0 saturated heterocycles. The maximum absolute atomic E-state index is 12.9. The van der Waals surface area contributed by atoms with E-state index in [0.717, 1.165) is 10.0 Å². The van der Waals surface area contributed by atoms with Crippen molar-refractivity contribution < 1.29 is 9.13 Å². The highest BCUT2D eigenvalue weighted by Crippen LogP contribution is 2.31. The summed E-state index contributed by atoms with van der Waals surface area (Å²) in [6.45, 7) is 1.93. The number of halogens is 2. The molecule has 88 valence electrons. The summed E-state index contributed by atoms with van der Waals surface area (Å²) in [6.07, 6.45) is 0. The lowest BCUT2D eigenvalue weighted by Gasteiger charge is -2.10. The first-order valence-electron chi connectivity index (χ1n) is 5.05. The van der Waals surface area contributed by atoms with Crippen molar-refractivity contribution in [3.63, 3.8) is 0 Å². The third-order valence-electron chi connectivity index (χ3n) is 2.33. The maximum atomic E-state index is 12.9.